The van der Waals surface area contributed by atoms with Crippen molar-refractivity contribution in [3.05, 3.63) is 105 Å². The Hall–Kier alpha value is -3.34. The highest BCUT2D eigenvalue weighted by Gasteiger charge is 2.27. The van der Waals surface area contributed by atoms with E-state index in [1.165, 1.54) is 0 Å². The first-order valence-corrected chi connectivity index (χ1v) is 11.3. The third kappa shape index (κ3) is 4.20. The van der Waals surface area contributed by atoms with Crippen LogP contribution in [0.5, 0.6) is 5.75 Å². The lowest BCUT2D eigenvalue weighted by atomic mass is 10.0. The molecule has 0 saturated carbocycles. The van der Waals surface area contributed by atoms with Gasteiger partial charge >= 0.3 is 5.97 Å². The molecule has 0 saturated heterocycles. The van der Waals surface area contributed by atoms with E-state index in [0.717, 1.165) is 39.7 Å². The SMILES string of the molecule is O=C(OCc1c(Cl)cccc1Cl)c1c2c(nc3ccccc13)/C(=C/c1ccc(O)cc1)CC2. The maximum absolute atomic E-state index is 13.3. The number of benzene rings is 3. The molecule has 0 amide bonds. The fourth-order valence-corrected chi connectivity index (χ4v) is 4.67. The molecule has 4 nitrogen and oxygen atoms in total. The van der Waals surface area contributed by atoms with Crippen LogP contribution in [0.2, 0.25) is 10.0 Å². The largest absolute Gasteiger partial charge is 0.508 e. The highest BCUT2D eigenvalue weighted by molar-refractivity contribution is 6.36. The fraction of sp³-hybridized carbons (Fsp3) is 0.111. The lowest BCUT2D eigenvalue weighted by molar-refractivity contribution is 0.0474. The predicted octanol–water partition coefficient (Wildman–Crippen LogP) is 7.09. The van der Waals surface area contributed by atoms with Crippen molar-refractivity contribution >= 4 is 51.7 Å². The number of nitrogens with zero attached hydrogens (tertiary/aromatic N) is 1. The van der Waals surface area contributed by atoms with Crippen LogP contribution < -0.4 is 0 Å². The zero-order chi connectivity index (χ0) is 22.9. The number of pyridine rings is 1. The van der Waals surface area contributed by atoms with Crippen LogP contribution in [-0.4, -0.2) is 16.1 Å². The molecule has 1 N–H and O–H groups in total. The monoisotopic (exact) mass is 475 g/mol. The van der Waals surface area contributed by atoms with Crippen molar-refractivity contribution < 1.29 is 14.6 Å². The summed E-state index contributed by atoms with van der Waals surface area (Å²) in [5.74, 6) is -0.205. The van der Waals surface area contributed by atoms with E-state index in [9.17, 15) is 9.90 Å². The quantitative estimate of drug-likeness (QED) is 0.320. The van der Waals surface area contributed by atoms with Gasteiger partial charge in [-0.1, -0.05) is 59.6 Å². The van der Waals surface area contributed by atoms with Gasteiger partial charge in [-0.05, 0) is 65.9 Å². The van der Waals surface area contributed by atoms with Crippen molar-refractivity contribution in [1.82, 2.24) is 4.98 Å². The normalized spacial score (nSPS) is 13.9. The van der Waals surface area contributed by atoms with Crippen LogP contribution in [0.3, 0.4) is 0 Å². The molecule has 0 atom stereocenters. The van der Waals surface area contributed by atoms with Gasteiger partial charge in [-0.3, -0.25) is 0 Å². The second kappa shape index (κ2) is 8.89. The number of aromatic hydroxyl groups is 1. The molecule has 5 rings (SSSR count). The summed E-state index contributed by atoms with van der Waals surface area (Å²) >= 11 is 12.5. The second-order valence-corrected chi connectivity index (χ2v) is 8.68. The number of phenolic OH excluding ortho intramolecular Hbond substituents is 1. The number of hydrogen-bond acceptors (Lipinski definition) is 4. The topological polar surface area (TPSA) is 59.4 Å². The molecule has 33 heavy (non-hydrogen) atoms. The smallest absolute Gasteiger partial charge is 0.339 e. The molecular formula is C27H19Cl2NO3. The first kappa shape index (κ1) is 21.5. The molecular weight excluding hydrogens is 457 g/mol. The lowest BCUT2D eigenvalue weighted by Crippen LogP contribution is -2.11. The lowest BCUT2D eigenvalue weighted by Gasteiger charge is -2.13. The van der Waals surface area contributed by atoms with E-state index in [1.807, 2.05) is 42.5 Å². The molecule has 0 spiro atoms. The molecule has 0 aliphatic heterocycles. The summed E-state index contributed by atoms with van der Waals surface area (Å²) in [6.45, 7) is -0.0149. The highest BCUT2D eigenvalue weighted by atomic mass is 35.5. The van der Waals surface area contributed by atoms with Gasteiger partial charge in [-0.15, -0.1) is 0 Å². The molecule has 164 valence electrons. The molecule has 1 aromatic heterocycles. The van der Waals surface area contributed by atoms with E-state index in [-0.39, 0.29) is 12.4 Å². The first-order chi connectivity index (χ1) is 16.0. The average molecular weight is 476 g/mol. The number of hydrogen-bond donors (Lipinski definition) is 1. The summed E-state index contributed by atoms with van der Waals surface area (Å²) in [6.07, 6.45) is 3.50. The number of aromatic nitrogens is 1. The summed E-state index contributed by atoms with van der Waals surface area (Å²) in [5.41, 5.74) is 5.55. The van der Waals surface area contributed by atoms with Gasteiger partial charge in [0.25, 0.3) is 0 Å². The van der Waals surface area contributed by atoms with Gasteiger partial charge in [0, 0.05) is 21.0 Å². The number of fused-ring (bicyclic) bond motifs is 2. The van der Waals surface area contributed by atoms with E-state index in [1.54, 1.807) is 30.3 Å². The minimum Gasteiger partial charge on any atom is -0.508 e. The highest BCUT2D eigenvalue weighted by Crippen LogP contribution is 2.38. The number of phenols is 1. The number of halogens is 2. The molecule has 1 aliphatic rings. The van der Waals surface area contributed by atoms with Crippen molar-refractivity contribution in [2.75, 3.05) is 0 Å². The number of carbonyl (C=O) groups excluding carboxylic acids is 1. The maximum Gasteiger partial charge on any atom is 0.339 e. The molecule has 1 heterocycles. The van der Waals surface area contributed by atoms with Gasteiger partial charge in [0.05, 0.1) is 16.8 Å². The molecule has 6 heteroatoms. The van der Waals surface area contributed by atoms with Gasteiger partial charge in [0.15, 0.2) is 0 Å². The molecule has 0 radical (unpaired) electrons. The summed E-state index contributed by atoms with van der Waals surface area (Å²) in [7, 11) is 0. The molecule has 3 aromatic carbocycles. The number of esters is 1. The number of ether oxygens (including phenoxy) is 1. The standard InChI is InChI=1S/C27H19Cl2NO3/c28-22-5-3-6-23(29)21(22)15-33-27(32)25-19-4-1-2-7-24(19)30-26-17(10-13-20(25)26)14-16-8-11-18(31)12-9-16/h1-9,11-12,14,31H,10,13,15H2/b17-14+. The van der Waals surface area contributed by atoms with Crippen LogP contribution in [0.15, 0.2) is 66.7 Å². The van der Waals surface area contributed by atoms with Crippen LogP contribution in [0.25, 0.3) is 22.6 Å². The van der Waals surface area contributed by atoms with Gasteiger partial charge < -0.3 is 9.84 Å². The van der Waals surface area contributed by atoms with Crippen molar-refractivity contribution in [2.45, 2.75) is 19.4 Å². The van der Waals surface area contributed by atoms with Crippen molar-refractivity contribution in [3.63, 3.8) is 0 Å². The van der Waals surface area contributed by atoms with E-state index in [0.29, 0.717) is 27.6 Å². The first-order valence-electron chi connectivity index (χ1n) is 10.5. The predicted molar refractivity (Wildman–Crippen MR) is 132 cm³/mol. The molecule has 0 unspecified atom stereocenters. The van der Waals surface area contributed by atoms with Crippen molar-refractivity contribution in [1.29, 1.82) is 0 Å². The number of allylic oxidation sites excluding steroid dienone is 1. The van der Waals surface area contributed by atoms with Crippen LogP contribution in [-0.2, 0) is 17.8 Å². The van der Waals surface area contributed by atoms with Crippen molar-refractivity contribution in [2.24, 2.45) is 0 Å². The Labute approximate surface area is 201 Å². The Kier molecular flexibility index (Phi) is 5.79. The van der Waals surface area contributed by atoms with Crippen LogP contribution in [0, 0.1) is 0 Å². The zero-order valence-corrected chi connectivity index (χ0v) is 19.0. The maximum atomic E-state index is 13.3. The average Bonchev–Trinajstić information content (AvgIpc) is 3.20. The Morgan fingerprint density at radius 3 is 2.45 bits per heavy atom. The van der Waals surface area contributed by atoms with Crippen LogP contribution >= 0.6 is 23.2 Å². The van der Waals surface area contributed by atoms with Gasteiger partial charge in [0.2, 0.25) is 0 Å². The third-order valence-electron chi connectivity index (χ3n) is 5.79. The summed E-state index contributed by atoms with van der Waals surface area (Å²) in [4.78, 5) is 18.2. The zero-order valence-electron chi connectivity index (χ0n) is 17.5. The molecule has 0 bridgehead atoms. The van der Waals surface area contributed by atoms with Crippen LogP contribution in [0.1, 0.15) is 39.2 Å². The summed E-state index contributed by atoms with van der Waals surface area (Å²) in [6, 6.07) is 19.8. The second-order valence-electron chi connectivity index (χ2n) is 7.87. The molecule has 1 aliphatic carbocycles. The van der Waals surface area contributed by atoms with E-state index in [2.05, 4.69) is 0 Å². The Morgan fingerprint density at radius 2 is 1.70 bits per heavy atom. The Morgan fingerprint density at radius 1 is 0.970 bits per heavy atom. The van der Waals surface area contributed by atoms with Crippen molar-refractivity contribution in [3.8, 4) is 5.75 Å². The number of carbonyl (C=O) groups is 1. The van der Waals surface area contributed by atoms with Crippen LogP contribution in [0.4, 0.5) is 0 Å². The minimum absolute atomic E-state index is 0.0149. The Bertz CT molecular complexity index is 1390. The fourth-order valence-electron chi connectivity index (χ4n) is 4.16. The molecule has 4 aromatic rings. The number of para-hydroxylation sites is 1. The van der Waals surface area contributed by atoms with Gasteiger partial charge in [-0.25, -0.2) is 9.78 Å². The molecule has 0 fully saturated rings. The third-order valence-corrected chi connectivity index (χ3v) is 6.50. The van der Waals surface area contributed by atoms with Gasteiger partial charge in [-0.2, -0.15) is 0 Å². The minimum atomic E-state index is -0.424. The van der Waals surface area contributed by atoms with E-state index < -0.39 is 5.97 Å². The van der Waals surface area contributed by atoms with Gasteiger partial charge in [0.1, 0.15) is 12.4 Å². The van der Waals surface area contributed by atoms with E-state index in [4.69, 9.17) is 32.9 Å². The summed E-state index contributed by atoms with van der Waals surface area (Å²) < 4.78 is 5.69. The number of rotatable bonds is 4. The summed E-state index contributed by atoms with van der Waals surface area (Å²) in [5, 5.41) is 11.2. The Balaban J connectivity index is 1.55. The van der Waals surface area contributed by atoms with E-state index >= 15 is 0 Å².